The van der Waals surface area contributed by atoms with Crippen molar-refractivity contribution in [2.45, 2.75) is 25.0 Å². The molecular weight excluding hydrogens is 432 g/mol. The summed E-state index contributed by atoms with van der Waals surface area (Å²) in [7, 11) is 1.68. The third-order valence-corrected chi connectivity index (χ3v) is 6.31. The number of carbonyl (C=O) groups excluding carboxylic acids is 1. The summed E-state index contributed by atoms with van der Waals surface area (Å²) in [5.41, 5.74) is 9.16. The number of rotatable bonds is 5. The monoisotopic (exact) mass is 458 g/mol. The van der Waals surface area contributed by atoms with Gasteiger partial charge in [0, 0.05) is 36.7 Å². The van der Waals surface area contributed by atoms with Crippen molar-refractivity contribution in [1.82, 2.24) is 20.7 Å². The minimum atomic E-state index is 0.209. The Kier molecular flexibility index (Phi) is 6.50. The van der Waals surface area contributed by atoms with Gasteiger partial charge in [-0.15, -0.1) is 0 Å². The Morgan fingerprint density at radius 1 is 1.03 bits per heavy atom. The van der Waals surface area contributed by atoms with E-state index in [1.807, 2.05) is 41.3 Å². The van der Waals surface area contributed by atoms with Gasteiger partial charge in [0.15, 0.2) is 0 Å². The molecule has 154 valence electrons. The highest BCUT2D eigenvalue weighted by atomic mass is 79.9. The van der Waals surface area contributed by atoms with Crippen molar-refractivity contribution in [3.63, 3.8) is 0 Å². The summed E-state index contributed by atoms with van der Waals surface area (Å²) in [6.45, 7) is 3.34. The highest BCUT2D eigenvalue weighted by Gasteiger charge is 2.32. The molecule has 1 amide bonds. The van der Waals surface area contributed by atoms with E-state index in [9.17, 15) is 4.79 Å². The molecule has 2 fully saturated rings. The summed E-state index contributed by atoms with van der Waals surface area (Å²) >= 11 is 3.44. The smallest absolute Gasteiger partial charge is 0.227 e. The first-order valence-electron chi connectivity index (χ1n) is 10.0. The van der Waals surface area contributed by atoms with Crippen LogP contribution < -0.4 is 15.6 Å². The van der Waals surface area contributed by atoms with Crippen molar-refractivity contribution < 1.29 is 9.53 Å². The summed E-state index contributed by atoms with van der Waals surface area (Å²) in [6, 6.07) is 16.5. The molecule has 2 aliphatic rings. The van der Waals surface area contributed by atoms with Gasteiger partial charge < -0.3 is 9.64 Å². The molecule has 6 nitrogen and oxygen atoms in total. The van der Waals surface area contributed by atoms with E-state index in [1.54, 1.807) is 7.11 Å². The number of ether oxygens (including phenoxy) is 1. The van der Waals surface area contributed by atoms with Gasteiger partial charge in [0.25, 0.3) is 0 Å². The predicted molar refractivity (Wildman–Crippen MR) is 116 cm³/mol. The highest BCUT2D eigenvalue weighted by molar-refractivity contribution is 9.10. The Labute approximate surface area is 180 Å². The molecule has 0 bridgehead atoms. The Balaban J connectivity index is 1.26. The molecule has 2 heterocycles. The van der Waals surface area contributed by atoms with Crippen LogP contribution >= 0.6 is 15.9 Å². The average Bonchev–Trinajstić information content (AvgIpc) is 3.26. The second kappa shape index (κ2) is 9.26. The van der Waals surface area contributed by atoms with Gasteiger partial charge in [0.05, 0.1) is 19.7 Å². The van der Waals surface area contributed by atoms with Crippen LogP contribution in [-0.4, -0.2) is 55.2 Å². The van der Waals surface area contributed by atoms with Crippen LogP contribution in [0.2, 0.25) is 0 Å². The van der Waals surface area contributed by atoms with Gasteiger partial charge in [-0.1, -0.05) is 40.2 Å². The number of hydrazine groups is 1. The standard InChI is InChI=1S/C22H27BrN4O2/c1-29-19-8-4-17(5-9-19)20-15-21(25-24-20)26-10-12-27(13-11-26)22(28)14-16-2-6-18(23)7-3-16/h2-9,20-21,24-25H,10-15H2,1H3. The third-order valence-electron chi connectivity index (χ3n) is 5.78. The number of carbonyl (C=O) groups is 1. The first kappa shape index (κ1) is 20.3. The molecule has 0 aromatic heterocycles. The van der Waals surface area contributed by atoms with E-state index in [-0.39, 0.29) is 18.1 Å². The van der Waals surface area contributed by atoms with Crippen molar-refractivity contribution >= 4 is 21.8 Å². The van der Waals surface area contributed by atoms with Crippen molar-refractivity contribution in [2.24, 2.45) is 0 Å². The first-order valence-corrected chi connectivity index (χ1v) is 10.8. The second-order valence-corrected chi connectivity index (χ2v) is 8.50. The van der Waals surface area contributed by atoms with Gasteiger partial charge in [-0.05, 0) is 41.8 Å². The summed E-state index contributed by atoms with van der Waals surface area (Å²) in [4.78, 5) is 17.0. The van der Waals surface area contributed by atoms with Crippen LogP contribution in [0.1, 0.15) is 23.6 Å². The minimum Gasteiger partial charge on any atom is -0.497 e. The van der Waals surface area contributed by atoms with Gasteiger partial charge in [0.1, 0.15) is 5.75 Å². The highest BCUT2D eigenvalue weighted by Crippen LogP contribution is 2.26. The average molecular weight is 459 g/mol. The molecule has 2 unspecified atom stereocenters. The van der Waals surface area contributed by atoms with E-state index in [0.717, 1.165) is 48.4 Å². The van der Waals surface area contributed by atoms with E-state index in [2.05, 4.69) is 43.8 Å². The number of benzene rings is 2. The van der Waals surface area contributed by atoms with Crippen LogP contribution in [0.3, 0.4) is 0 Å². The molecule has 7 heteroatoms. The number of methoxy groups -OCH3 is 1. The predicted octanol–water partition coefficient (Wildman–Crippen LogP) is 2.71. The molecular formula is C22H27BrN4O2. The fourth-order valence-electron chi connectivity index (χ4n) is 4.01. The maximum absolute atomic E-state index is 12.6. The van der Waals surface area contributed by atoms with Crippen molar-refractivity contribution in [3.8, 4) is 5.75 Å². The molecule has 2 atom stereocenters. The third kappa shape index (κ3) is 4.98. The second-order valence-electron chi connectivity index (χ2n) is 7.59. The van der Waals surface area contributed by atoms with Gasteiger partial charge in [-0.3, -0.25) is 9.69 Å². The fourth-order valence-corrected chi connectivity index (χ4v) is 4.27. The van der Waals surface area contributed by atoms with E-state index in [0.29, 0.717) is 6.42 Å². The summed E-state index contributed by atoms with van der Waals surface area (Å²) in [6.07, 6.45) is 1.75. The van der Waals surface area contributed by atoms with Crippen LogP contribution in [0.5, 0.6) is 5.75 Å². The van der Waals surface area contributed by atoms with Crippen molar-refractivity contribution in [2.75, 3.05) is 33.3 Å². The molecule has 0 aliphatic carbocycles. The molecule has 2 N–H and O–H groups in total. The maximum Gasteiger partial charge on any atom is 0.227 e. The molecule has 0 radical (unpaired) electrons. The zero-order chi connectivity index (χ0) is 20.2. The van der Waals surface area contributed by atoms with Gasteiger partial charge in [-0.2, -0.15) is 0 Å². The minimum absolute atomic E-state index is 0.209. The fraction of sp³-hybridized carbons (Fsp3) is 0.409. The van der Waals surface area contributed by atoms with Crippen LogP contribution in [0, 0.1) is 0 Å². The Bertz CT molecular complexity index is 820. The largest absolute Gasteiger partial charge is 0.497 e. The molecule has 4 rings (SSSR count). The molecule has 0 spiro atoms. The van der Waals surface area contributed by atoms with Crippen molar-refractivity contribution in [1.29, 1.82) is 0 Å². The maximum atomic E-state index is 12.6. The van der Waals surface area contributed by atoms with Crippen LogP contribution in [-0.2, 0) is 11.2 Å². The number of nitrogens with zero attached hydrogens (tertiary/aromatic N) is 2. The molecule has 2 aliphatic heterocycles. The summed E-state index contributed by atoms with van der Waals surface area (Å²) < 4.78 is 6.28. The van der Waals surface area contributed by atoms with Crippen LogP contribution in [0.4, 0.5) is 0 Å². The molecule has 2 aromatic rings. The van der Waals surface area contributed by atoms with E-state index in [4.69, 9.17) is 4.74 Å². The molecule has 2 aromatic carbocycles. The van der Waals surface area contributed by atoms with E-state index in [1.165, 1.54) is 5.56 Å². The normalized spacial score (nSPS) is 22.6. The number of hydrogen-bond donors (Lipinski definition) is 2. The summed E-state index contributed by atoms with van der Waals surface area (Å²) in [5.74, 6) is 1.08. The quantitative estimate of drug-likeness (QED) is 0.721. The molecule has 0 saturated carbocycles. The van der Waals surface area contributed by atoms with E-state index >= 15 is 0 Å². The Morgan fingerprint density at radius 2 is 1.72 bits per heavy atom. The lowest BCUT2D eigenvalue weighted by atomic mass is 10.0. The lowest BCUT2D eigenvalue weighted by Crippen LogP contribution is -2.55. The molecule has 29 heavy (non-hydrogen) atoms. The van der Waals surface area contributed by atoms with Gasteiger partial charge >= 0.3 is 0 Å². The SMILES string of the molecule is COc1ccc(C2CC(N3CCN(C(=O)Cc4ccc(Br)cc4)CC3)NN2)cc1. The number of piperazine rings is 1. The topological polar surface area (TPSA) is 56.8 Å². The zero-order valence-electron chi connectivity index (χ0n) is 16.6. The number of amides is 1. The lowest BCUT2D eigenvalue weighted by Gasteiger charge is -2.37. The first-order chi connectivity index (χ1) is 14.1. The zero-order valence-corrected chi connectivity index (χ0v) is 18.2. The van der Waals surface area contributed by atoms with Gasteiger partial charge in [-0.25, -0.2) is 10.9 Å². The summed E-state index contributed by atoms with van der Waals surface area (Å²) in [5, 5.41) is 0. The Morgan fingerprint density at radius 3 is 2.38 bits per heavy atom. The van der Waals surface area contributed by atoms with Crippen LogP contribution in [0.25, 0.3) is 0 Å². The van der Waals surface area contributed by atoms with E-state index < -0.39 is 0 Å². The van der Waals surface area contributed by atoms with Gasteiger partial charge in [0.2, 0.25) is 5.91 Å². The Hall–Kier alpha value is -1.93. The number of hydrogen-bond acceptors (Lipinski definition) is 5. The lowest BCUT2D eigenvalue weighted by molar-refractivity contribution is -0.132. The number of nitrogens with one attached hydrogen (secondary N) is 2. The molecule has 2 saturated heterocycles. The van der Waals surface area contributed by atoms with Crippen molar-refractivity contribution in [3.05, 3.63) is 64.1 Å². The number of halogens is 1. The van der Waals surface area contributed by atoms with Crippen LogP contribution in [0.15, 0.2) is 53.0 Å².